The van der Waals surface area contributed by atoms with E-state index in [0.717, 1.165) is 61.9 Å². The van der Waals surface area contributed by atoms with Crippen LogP contribution in [0.2, 0.25) is 0 Å². The summed E-state index contributed by atoms with van der Waals surface area (Å²) in [4.78, 5) is 142. The van der Waals surface area contributed by atoms with Gasteiger partial charge in [-0.15, -0.1) is 35.6 Å². The van der Waals surface area contributed by atoms with Gasteiger partial charge in [-0.05, 0) is 135 Å². The number of methoxy groups -OCH3 is 9. The second kappa shape index (κ2) is 58.7. The summed E-state index contributed by atoms with van der Waals surface area (Å²) >= 11 is 15.4. The van der Waals surface area contributed by atoms with Gasteiger partial charge in [-0.3, -0.25) is 43.6 Å². The number of carbonyl (C=O) groups excluding carboxylic acids is 12. The summed E-state index contributed by atoms with van der Waals surface area (Å²) in [6, 6.07) is 68.0. The van der Waals surface area contributed by atoms with E-state index in [0.29, 0.717) is 66.2 Å². The molecule has 126 heavy (non-hydrogen) atoms. The van der Waals surface area contributed by atoms with Gasteiger partial charge in [0.25, 0.3) is 10.1 Å². The molecule has 674 valence electrons. The van der Waals surface area contributed by atoms with E-state index in [2.05, 4.69) is 35.3 Å². The van der Waals surface area contributed by atoms with Crippen molar-refractivity contribution < 1.29 is 113 Å². The van der Waals surface area contributed by atoms with Crippen LogP contribution >= 0.6 is 47.2 Å². The average Bonchev–Trinajstić information content (AvgIpc) is 0.756. The molecule has 1 unspecified atom stereocenters. The summed E-state index contributed by atoms with van der Waals surface area (Å²) in [6.07, 6.45) is 5.49. The Morgan fingerprint density at radius 1 is 0.460 bits per heavy atom. The van der Waals surface area contributed by atoms with Crippen molar-refractivity contribution in [3.63, 3.8) is 0 Å². The van der Waals surface area contributed by atoms with E-state index in [4.69, 9.17) is 74.5 Å². The number of halogens is 4. The molecule has 11 rings (SSSR count). The SMILES string of the molecule is C.COC(=O)[C@H](N)Cc1ccccc1.COC(=O)[C@H](N)Cc1ccccc1.COC(=O)c1ccc(C2N[C@@H](C(=O)OC)Cc3ccccc32)cc1.COC(=O)c1ccc(C=N[C@H](Cc2ccccc2)C(=O)OC)cc1.COC(=O)c1ccc(C=O)cc1.COC(=O)c1ccc([C@@H]2c3ccccc3C[C@H](C(=O)OC)N2C(=O)CCl)cc1.CS(=O)(=O)O.Cl.O=C(Cl)CCl. The van der Waals surface area contributed by atoms with Crippen LogP contribution in [0.1, 0.15) is 127 Å². The maximum atomic E-state index is 12.7. The number of aldehydes is 1. The number of hydrogen-bond acceptors (Lipinski definition) is 27. The smallest absolute Gasteiger partial charge is 0.337 e. The molecule has 7 atom stereocenters. The van der Waals surface area contributed by atoms with E-state index in [-0.39, 0.29) is 73.4 Å². The zero-order valence-electron chi connectivity index (χ0n) is 70.0. The number of nitrogens with one attached hydrogen (secondary N) is 1. The van der Waals surface area contributed by atoms with Gasteiger partial charge in [0.05, 0.1) is 110 Å². The second-order valence-electron chi connectivity index (χ2n) is 26.3. The highest BCUT2D eigenvalue weighted by Gasteiger charge is 2.42. The molecule has 0 spiro atoms. The van der Waals surface area contributed by atoms with E-state index in [1.165, 1.54) is 68.9 Å². The minimum absolute atomic E-state index is 0. The van der Waals surface area contributed by atoms with Crippen LogP contribution in [-0.4, -0.2) is 207 Å². The molecule has 34 heteroatoms. The predicted octanol–water partition coefficient (Wildman–Crippen LogP) is 12.0. The van der Waals surface area contributed by atoms with Crippen molar-refractivity contribution in [3.8, 4) is 0 Å². The van der Waals surface area contributed by atoms with Gasteiger partial charge in [0.15, 0.2) is 6.04 Å². The lowest BCUT2D eigenvalue weighted by molar-refractivity contribution is -0.154. The van der Waals surface area contributed by atoms with Gasteiger partial charge in [-0.1, -0.05) is 195 Å². The van der Waals surface area contributed by atoms with E-state index >= 15 is 0 Å². The highest BCUT2D eigenvalue weighted by molar-refractivity contribution is 7.85. The van der Waals surface area contributed by atoms with Crippen LogP contribution < -0.4 is 16.8 Å². The van der Waals surface area contributed by atoms with Gasteiger partial charge < -0.3 is 59.0 Å². The number of carbonyl (C=O) groups is 12. The molecule has 0 radical (unpaired) electrons. The summed E-state index contributed by atoms with van der Waals surface area (Å²) in [7, 11) is 8.38. The topological polar surface area (TPSA) is 422 Å². The maximum absolute atomic E-state index is 12.7. The van der Waals surface area contributed by atoms with Crippen LogP contribution in [0.4, 0.5) is 0 Å². The van der Waals surface area contributed by atoms with E-state index < -0.39 is 75.5 Å². The molecule has 0 aromatic heterocycles. The fourth-order valence-electron chi connectivity index (χ4n) is 11.9. The minimum atomic E-state index is -3.67. The lowest BCUT2D eigenvalue weighted by Crippen LogP contribution is -2.52. The quantitative estimate of drug-likeness (QED) is 0.00931. The molecule has 6 N–H and O–H groups in total. The number of aliphatic imine (C=N–C) groups is 1. The summed E-state index contributed by atoms with van der Waals surface area (Å²) < 4.78 is 68.2. The van der Waals surface area contributed by atoms with Crippen molar-refractivity contribution in [3.05, 3.63) is 320 Å². The number of fused-ring (bicyclic) bond motifs is 2. The van der Waals surface area contributed by atoms with E-state index in [9.17, 15) is 66.0 Å². The van der Waals surface area contributed by atoms with E-state index in [1.807, 2.05) is 146 Å². The first-order valence-corrected chi connectivity index (χ1v) is 40.8. The summed E-state index contributed by atoms with van der Waals surface area (Å²) in [5.74, 6) is -4.23. The first-order valence-electron chi connectivity index (χ1n) is 37.5. The van der Waals surface area contributed by atoms with Crippen LogP contribution in [0, 0.1) is 0 Å². The first-order chi connectivity index (χ1) is 59.3. The highest BCUT2D eigenvalue weighted by atomic mass is 35.5. The zero-order chi connectivity index (χ0) is 91.8. The fourth-order valence-corrected chi connectivity index (χ4v) is 12.0. The molecule has 2 aliphatic rings. The lowest BCUT2D eigenvalue weighted by atomic mass is 9.84. The first kappa shape index (κ1) is 110. The molecule has 0 bridgehead atoms. The molecule has 0 saturated heterocycles. The van der Waals surface area contributed by atoms with Crippen molar-refractivity contribution in [1.29, 1.82) is 0 Å². The van der Waals surface area contributed by atoms with Gasteiger partial charge in [0.1, 0.15) is 36.3 Å². The Morgan fingerprint density at radius 2 is 0.802 bits per heavy atom. The van der Waals surface area contributed by atoms with Gasteiger partial charge in [0, 0.05) is 24.6 Å². The monoisotopic (exact) mass is 1830 g/mol. The Kier molecular flexibility index (Phi) is 51.1. The molecule has 9 aromatic carbocycles. The molecule has 0 saturated carbocycles. The number of ether oxygens (including phenoxy) is 9. The summed E-state index contributed by atoms with van der Waals surface area (Å²) in [5, 5.41) is 2.84. The van der Waals surface area contributed by atoms with Crippen LogP contribution in [0.3, 0.4) is 0 Å². The molecule has 0 aliphatic carbocycles. The van der Waals surface area contributed by atoms with Crippen LogP contribution in [0.5, 0.6) is 0 Å². The molecule has 29 nitrogen and oxygen atoms in total. The van der Waals surface area contributed by atoms with Crippen molar-refractivity contribution in [1.82, 2.24) is 10.2 Å². The van der Waals surface area contributed by atoms with Crippen LogP contribution in [0.25, 0.3) is 0 Å². The number of hydrogen-bond donors (Lipinski definition) is 4. The fraction of sp³-hybridized carbons (Fsp3) is 0.272. The number of benzene rings is 9. The molecule has 0 fully saturated rings. The van der Waals surface area contributed by atoms with Crippen molar-refractivity contribution in [2.75, 3.05) is 82.0 Å². The second-order valence-corrected chi connectivity index (χ2v) is 28.7. The normalized spacial score (nSPS) is 14.1. The van der Waals surface area contributed by atoms with Crippen molar-refractivity contribution in [2.45, 2.75) is 81.8 Å². The number of nitrogens with zero attached hydrogens (tertiary/aromatic N) is 2. The Balaban J connectivity index is 0.000000511. The van der Waals surface area contributed by atoms with Crippen LogP contribution in [0.15, 0.2) is 242 Å². The zero-order valence-corrected chi connectivity index (χ0v) is 73.9. The third kappa shape index (κ3) is 37.6. The number of rotatable bonds is 22. The number of amides is 1. The maximum Gasteiger partial charge on any atom is 0.337 e. The molecule has 2 aliphatic heterocycles. The number of alkyl halides is 2. The molecular formula is C92H103Cl4N5O24S. The highest BCUT2D eigenvalue weighted by Crippen LogP contribution is 2.39. The van der Waals surface area contributed by atoms with Gasteiger partial charge >= 0.3 is 53.7 Å². The Morgan fingerprint density at radius 3 is 1.16 bits per heavy atom. The third-order valence-corrected chi connectivity index (χ3v) is 18.6. The predicted molar refractivity (Wildman–Crippen MR) is 480 cm³/mol. The van der Waals surface area contributed by atoms with Gasteiger partial charge in [-0.2, -0.15) is 8.42 Å². The molecule has 2 heterocycles. The standard InChI is InChI=1S/C21H20ClNO5.2C19H19NO4.2C10H13NO2.C9H8O3.C2H2Cl2O.CH4O3S.CH4.ClH/c1-27-20(25)14-9-7-13(8-10-14)19-16-6-4-3-5-15(16)11-17(21(26)28-2)23(19)18(24)12-22;1-23-18(21)13-9-7-12(8-10-13)17-15-6-4-3-5-14(15)11-16(20-17)19(22)24-2;1-23-18(21)16-10-8-15(9-11-16)13-20-17(19(22)24-2)12-14-6-4-3-5-7-14;2*1-13-10(12)9(11)7-8-5-3-2-4-6-8;1-12-9(11)8-4-2-7(6-10)3-5-8;3-1-2(4)5;1-5(2,3)4;;/h3-10,17,19H,11-12H2,1-2H3;3-10,16-17,20H,11H2,1-2H3;3-11,13,17H,12H2,1-2H3;2*2-6,9H,7,11H2,1H3;2-6H,1H3;1H2;1H3,(H,2,3,4);1H4;1H/t17-,19-;16-,17?;17-;2*9-;;;;;/m11111...../s1. The van der Waals surface area contributed by atoms with Gasteiger partial charge in [0.2, 0.25) is 11.1 Å². The Labute approximate surface area is 753 Å². The van der Waals surface area contributed by atoms with Gasteiger partial charge in [-0.25, -0.2) is 28.8 Å². The average molecular weight is 1840 g/mol. The minimum Gasteiger partial charge on any atom is -0.468 e. The van der Waals surface area contributed by atoms with Crippen molar-refractivity contribution in [2.24, 2.45) is 16.5 Å². The third-order valence-electron chi connectivity index (χ3n) is 17.9. The number of nitrogens with two attached hydrogens (primary N) is 2. The Hall–Kier alpha value is -12.4. The number of esters is 9. The lowest BCUT2D eigenvalue weighted by Gasteiger charge is -2.42. The summed E-state index contributed by atoms with van der Waals surface area (Å²) in [6.45, 7) is 0. The van der Waals surface area contributed by atoms with Crippen molar-refractivity contribution >= 4 is 135 Å². The Bertz CT molecular complexity index is 5020. The van der Waals surface area contributed by atoms with Crippen LogP contribution in [-0.2, 0) is 118 Å². The largest absolute Gasteiger partial charge is 0.468 e. The molecule has 9 aromatic rings. The molecule has 1 amide bonds. The summed E-state index contributed by atoms with van der Waals surface area (Å²) in [5.41, 5.74) is 23.2. The van der Waals surface area contributed by atoms with E-state index in [1.54, 1.807) is 91.1 Å². The molecular weight excluding hydrogens is 1730 g/mol.